The lowest BCUT2D eigenvalue weighted by Crippen LogP contribution is -2.43. The molecule has 27 heavy (non-hydrogen) atoms. The first-order chi connectivity index (χ1) is 12.8. The first-order valence-electron chi connectivity index (χ1n) is 8.75. The molecule has 1 fully saturated rings. The van der Waals surface area contributed by atoms with Gasteiger partial charge in [0.2, 0.25) is 5.91 Å². The molecule has 0 radical (unpaired) electrons. The van der Waals surface area contributed by atoms with E-state index in [1.165, 1.54) is 19.2 Å². The van der Waals surface area contributed by atoms with E-state index >= 15 is 0 Å². The fraction of sp³-hybridized carbons (Fsp3) is 0.556. The summed E-state index contributed by atoms with van der Waals surface area (Å²) in [5, 5.41) is 5.69. The molecule has 9 heteroatoms. The number of hydrogen-bond acceptors (Lipinski definition) is 5. The fourth-order valence-corrected chi connectivity index (χ4v) is 3.15. The smallest absolute Gasteiger partial charge is 0.469 e. The molecule has 2 atom stereocenters. The van der Waals surface area contributed by atoms with Crippen molar-refractivity contribution in [1.82, 2.24) is 5.32 Å². The number of esters is 1. The van der Waals surface area contributed by atoms with Crippen molar-refractivity contribution in [2.45, 2.75) is 44.5 Å². The number of rotatable bonds is 6. The van der Waals surface area contributed by atoms with Crippen molar-refractivity contribution in [3.8, 4) is 5.75 Å². The number of carbonyl (C=O) groups excluding carboxylic acids is 2. The summed E-state index contributed by atoms with van der Waals surface area (Å²) in [6.45, 7) is -0.0149. The third kappa shape index (κ3) is 7.09. The van der Waals surface area contributed by atoms with Crippen molar-refractivity contribution in [3.05, 3.63) is 24.3 Å². The van der Waals surface area contributed by atoms with Gasteiger partial charge in [0.15, 0.2) is 0 Å². The number of hydrogen-bond donors (Lipinski definition) is 2. The van der Waals surface area contributed by atoms with Gasteiger partial charge in [-0.25, -0.2) is 0 Å². The number of amides is 1. The van der Waals surface area contributed by atoms with Crippen LogP contribution in [-0.2, 0) is 14.3 Å². The highest BCUT2D eigenvalue weighted by Crippen LogP contribution is 2.25. The van der Waals surface area contributed by atoms with E-state index in [4.69, 9.17) is 4.74 Å². The van der Waals surface area contributed by atoms with Gasteiger partial charge in [0.25, 0.3) is 0 Å². The third-order valence-electron chi connectivity index (χ3n) is 4.42. The predicted octanol–water partition coefficient (Wildman–Crippen LogP) is 3.24. The Balaban J connectivity index is 1.86. The Hall–Kier alpha value is -2.29. The van der Waals surface area contributed by atoms with Gasteiger partial charge >= 0.3 is 12.3 Å². The molecule has 2 N–H and O–H groups in total. The Morgan fingerprint density at radius 2 is 1.78 bits per heavy atom. The lowest BCUT2D eigenvalue weighted by Gasteiger charge is -2.24. The minimum atomic E-state index is -4.76. The molecular formula is C18H23F3N2O4. The summed E-state index contributed by atoms with van der Waals surface area (Å²) in [6, 6.07) is 4.74. The molecule has 0 aromatic heterocycles. The maximum atomic E-state index is 12.1. The fourth-order valence-electron chi connectivity index (χ4n) is 3.15. The van der Waals surface area contributed by atoms with E-state index < -0.39 is 6.36 Å². The van der Waals surface area contributed by atoms with Crippen molar-refractivity contribution < 1.29 is 32.2 Å². The van der Waals surface area contributed by atoms with Crippen LogP contribution in [-0.4, -0.2) is 37.9 Å². The lowest BCUT2D eigenvalue weighted by atomic mass is 9.95. The highest BCUT2D eigenvalue weighted by molar-refractivity contribution is 5.92. The third-order valence-corrected chi connectivity index (χ3v) is 4.42. The van der Waals surface area contributed by atoms with Crippen molar-refractivity contribution in [1.29, 1.82) is 0 Å². The monoisotopic (exact) mass is 388 g/mol. The highest BCUT2D eigenvalue weighted by atomic mass is 19.4. The summed E-state index contributed by atoms with van der Waals surface area (Å²) in [7, 11) is 1.35. The van der Waals surface area contributed by atoms with Crippen molar-refractivity contribution in [2.24, 2.45) is 5.92 Å². The van der Waals surface area contributed by atoms with E-state index in [1.807, 2.05) is 0 Å². The Morgan fingerprint density at radius 3 is 2.41 bits per heavy atom. The number of halogens is 3. The molecule has 0 spiro atoms. The number of ether oxygens (including phenoxy) is 2. The number of anilines is 1. The summed E-state index contributed by atoms with van der Waals surface area (Å²) in [4.78, 5) is 24.0. The second-order valence-electron chi connectivity index (χ2n) is 6.38. The summed E-state index contributed by atoms with van der Waals surface area (Å²) >= 11 is 0. The Labute approximate surface area is 155 Å². The molecule has 2 rings (SSSR count). The van der Waals surface area contributed by atoms with Gasteiger partial charge in [-0.2, -0.15) is 0 Å². The maximum absolute atomic E-state index is 12.1. The van der Waals surface area contributed by atoms with Crippen LogP contribution in [0, 0.1) is 5.92 Å². The van der Waals surface area contributed by atoms with Crippen molar-refractivity contribution in [3.63, 3.8) is 0 Å². The van der Waals surface area contributed by atoms with E-state index in [0.29, 0.717) is 12.1 Å². The SMILES string of the molecule is COC(=O)[C@H]1CCCCC[C@H]1NCC(=O)Nc1ccc(OC(F)(F)F)cc1. The van der Waals surface area contributed by atoms with E-state index in [1.54, 1.807) is 0 Å². The minimum absolute atomic E-state index is 0.0149. The normalized spacial score (nSPS) is 20.4. The number of alkyl halides is 3. The minimum Gasteiger partial charge on any atom is -0.469 e. The topological polar surface area (TPSA) is 76.7 Å². The molecule has 1 aromatic carbocycles. The molecule has 6 nitrogen and oxygen atoms in total. The zero-order valence-corrected chi connectivity index (χ0v) is 15.0. The molecule has 1 saturated carbocycles. The molecule has 0 heterocycles. The number of methoxy groups -OCH3 is 1. The molecule has 1 aliphatic rings. The average molecular weight is 388 g/mol. The van der Waals surface area contributed by atoms with Crippen LogP contribution in [0.3, 0.4) is 0 Å². The van der Waals surface area contributed by atoms with E-state index in [2.05, 4.69) is 15.4 Å². The Bertz CT molecular complexity index is 634. The quantitative estimate of drug-likeness (QED) is 0.578. The summed E-state index contributed by atoms with van der Waals surface area (Å²) in [6.07, 6.45) is -0.332. The van der Waals surface area contributed by atoms with Crippen molar-refractivity contribution in [2.75, 3.05) is 19.0 Å². The van der Waals surface area contributed by atoms with Gasteiger partial charge < -0.3 is 20.1 Å². The van der Waals surface area contributed by atoms with Crippen LogP contribution in [0.5, 0.6) is 5.75 Å². The second kappa shape index (κ2) is 9.59. The van der Waals surface area contributed by atoms with Crippen molar-refractivity contribution >= 4 is 17.6 Å². The van der Waals surface area contributed by atoms with Crippen LogP contribution in [0.4, 0.5) is 18.9 Å². The maximum Gasteiger partial charge on any atom is 0.573 e. The molecule has 0 saturated heterocycles. The predicted molar refractivity (Wildman–Crippen MR) is 92.1 cm³/mol. The van der Waals surface area contributed by atoms with Gasteiger partial charge in [-0.3, -0.25) is 9.59 Å². The van der Waals surface area contributed by atoms with Crippen LogP contribution in [0.25, 0.3) is 0 Å². The molecule has 0 aliphatic heterocycles. The molecule has 1 aliphatic carbocycles. The van der Waals surface area contributed by atoms with Gasteiger partial charge in [-0.05, 0) is 37.1 Å². The first-order valence-corrected chi connectivity index (χ1v) is 8.75. The molecule has 0 bridgehead atoms. The molecule has 1 aromatic rings. The molecule has 1 amide bonds. The van der Waals surface area contributed by atoms with Gasteiger partial charge in [0, 0.05) is 11.7 Å². The van der Waals surface area contributed by atoms with Gasteiger partial charge in [0.1, 0.15) is 5.75 Å². The molecule has 0 unspecified atom stereocenters. The van der Waals surface area contributed by atoms with Crippen LogP contribution < -0.4 is 15.4 Å². The largest absolute Gasteiger partial charge is 0.573 e. The molecular weight excluding hydrogens is 365 g/mol. The summed E-state index contributed by atoms with van der Waals surface area (Å²) < 4.78 is 45.0. The Kier molecular flexibility index (Phi) is 7.46. The van der Waals surface area contributed by atoms with Crippen LogP contribution in [0.2, 0.25) is 0 Å². The van der Waals surface area contributed by atoms with E-state index in [0.717, 1.165) is 37.8 Å². The number of nitrogens with one attached hydrogen (secondary N) is 2. The summed E-state index contributed by atoms with van der Waals surface area (Å²) in [5.74, 6) is -1.29. The second-order valence-corrected chi connectivity index (χ2v) is 6.38. The van der Waals surface area contributed by atoms with E-state index in [9.17, 15) is 22.8 Å². The van der Waals surface area contributed by atoms with Crippen LogP contribution in [0.15, 0.2) is 24.3 Å². The van der Waals surface area contributed by atoms with Gasteiger partial charge in [-0.1, -0.05) is 19.3 Å². The highest BCUT2D eigenvalue weighted by Gasteiger charge is 2.31. The zero-order chi connectivity index (χ0) is 19.9. The van der Waals surface area contributed by atoms with Gasteiger partial charge in [-0.15, -0.1) is 13.2 Å². The van der Waals surface area contributed by atoms with E-state index in [-0.39, 0.29) is 36.1 Å². The van der Waals surface area contributed by atoms with Crippen LogP contribution >= 0.6 is 0 Å². The molecule has 150 valence electrons. The zero-order valence-electron chi connectivity index (χ0n) is 15.0. The number of carbonyl (C=O) groups is 2. The first kappa shape index (κ1) is 21.0. The van der Waals surface area contributed by atoms with Crippen LogP contribution in [0.1, 0.15) is 32.1 Å². The summed E-state index contributed by atoms with van der Waals surface area (Å²) in [5.41, 5.74) is 0.349. The Morgan fingerprint density at radius 1 is 1.11 bits per heavy atom. The average Bonchev–Trinajstić information content (AvgIpc) is 2.85. The lowest BCUT2D eigenvalue weighted by molar-refractivity contribution is -0.274. The van der Waals surface area contributed by atoms with Gasteiger partial charge in [0.05, 0.1) is 19.6 Å². The standard InChI is InChI=1S/C18H23F3N2O4/c1-26-17(25)14-5-3-2-4-6-15(14)22-11-16(24)23-12-7-9-13(10-8-12)27-18(19,20)21/h7-10,14-15,22H,2-6,11H2,1H3,(H,23,24)/t14-,15+/m0/s1. The number of benzene rings is 1.